The predicted octanol–water partition coefficient (Wildman–Crippen LogP) is 3.55. The molecule has 1 amide bonds. The number of hydrogen-bond donors (Lipinski definition) is 0. The molecule has 1 aromatic heterocycles. The van der Waals surface area contributed by atoms with E-state index in [4.69, 9.17) is 0 Å². The molecule has 0 atom stereocenters. The van der Waals surface area contributed by atoms with Gasteiger partial charge in [0, 0.05) is 19.2 Å². The van der Waals surface area contributed by atoms with Crippen LogP contribution in [-0.2, 0) is 13.1 Å². The standard InChI is InChI=1S/C16H20BrN3O/c1-5-20-15(14(17)9-18-20)10-19(4)16(21)13-7-6-11(2)12(3)8-13/h6-9H,5,10H2,1-4H3. The summed E-state index contributed by atoms with van der Waals surface area (Å²) in [7, 11) is 1.82. The van der Waals surface area contributed by atoms with Gasteiger partial charge >= 0.3 is 0 Å². The van der Waals surface area contributed by atoms with Gasteiger partial charge in [-0.15, -0.1) is 0 Å². The van der Waals surface area contributed by atoms with Crippen molar-refractivity contribution >= 4 is 21.8 Å². The van der Waals surface area contributed by atoms with E-state index in [-0.39, 0.29) is 5.91 Å². The molecule has 0 spiro atoms. The molecule has 0 fully saturated rings. The number of hydrogen-bond acceptors (Lipinski definition) is 2. The summed E-state index contributed by atoms with van der Waals surface area (Å²) < 4.78 is 2.83. The van der Waals surface area contributed by atoms with Gasteiger partial charge in [0.2, 0.25) is 0 Å². The zero-order valence-corrected chi connectivity index (χ0v) is 14.4. The highest BCUT2D eigenvalue weighted by Gasteiger charge is 2.16. The molecule has 2 rings (SSSR count). The van der Waals surface area contributed by atoms with Gasteiger partial charge < -0.3 is 4.90 Å². The van der Waals surface area contributed by atoms with E-state index in [9.17, 15) is 4.79 Å². The topological polar surface area (TPSA) is 38.1 Å². The third kappa shape index (κ3) is 3.35. The van der Waals surface area contributed by atoms with Crippen LogP contribution in [0.15, 0.2) is 28.9 Å². The molecule has 112 valence electrons. The maximum atomic E-state index is 12.5. The van der Waals surface area contributed by atoms with E-state index in [1.54, 1.807) is 11.1 Å². The van der Waals surface area contributed by atoms with E-state index in [0.29, 0.717) is 6.54 Å². The summed E-state index contributed by atoms with van der Waals surface area (Å²) >= 11 is 3.49. The van der Waals surface area contributed by atoms with E-state index in [0.717, 1.165) is 27.8 Å². The Kier molecular flexibility index (Phi) is 4.83. The first kappa shape index (κ1) is 15.8. The number of carbonyl (C=O) groups excluding carboxylic acids is 1. The fourth-order valence-corrected chi connectivity index (χ4v) is 2.63. The molecular formula is C16H20BrN3O. The number of nitrogens with zero attached hydrogens (tertiary/aromatic N) is 3. The highest BCUT2D eigenvalue weighted by Crippen LogP contribution is 2.19. The van der Waals surface area contributed by atoms with E-state index >= 15 is 0 Å². The largest absolute Gasteiger partial charge is 0.336 e. The minimum atomic E-state index is 0.0221. The summed E-state index contributed by atoms with van der Waals surface area (Å²) in [5.74, 6) is 0.0221. The van der Waals surface area contributed by atoms with Crippen molar-refractivity contribution in [2.45, 2.75) is 33.9 Å². The number of carbonyl (C=O) groups is 1. The van der Waals surface area contributed by atoms with E-state index in [1.165, 1.54) is 5.56 Å². The quantitative estimate of drug-likeness (QED) is 0.846. The van der Waals surface area contributed by atoms with Crippen LogP contribution < -0.4 is 0 Å². The summed E-state index contributed by atoms with van der Waals surface area (Å²) in [6.07, 6.45) is 1.77. The molecule has 2 aromatic rings. The van der Waals surface area contributed by atoms with Gasteiger partial charge in [0.05, 0.1) is 22.9 Å². The molecule has 1 aromatic carbocycles. The number of benzene rings is 1. The second-order valence-corrected chi connectivity index (χ2v) is 6.07. The summed E-state index contributed by atoms with van der Waals surface area (Å²) in [5.41, 5.74) is 4.06. The maximum Gasteiger partial charge on any atom is 0.253 e. The normalized spacial score (nSPS) is 10.7. The van der Waals surface area contributed by atoms with E-state index in [2.05, 4.69) is 21.0 Å². The van der Waals surface area contributed by atoms with Crippen molar-refractivity contribution in [2.75, 3.05) is 7.05 Å². The SMILES string of the molecule is CCn1ncc(Br)c1CN(C)C(=O)c1ccc(C)c(C)c1. The molecule has 5 heteroatoms. The minimum absolute atomic E-state index is 0.0221. The first-order valence-corrected chi connectivity index (χ1v) is 7.76. The van der Waals surface area contributed by atoms with Crippen molar-refractivity contribution < 1.29 is 4.79 Å². The van der Waals surface area contributed by atoms with Crippen LogP contribution in [0.4, 0.5) is 0 Å². The van der Waals surface area contributed by atoms with Crippen LogP contribution in [0.25, 0.3) is 0 Å². The van der Waals surface area contributed by atoms with Crippen LogP contribution in [0.3, 0.4) is 0 Å². The predicted molar refractivity (Wildman–Crippen MR) is 87.3 cm³/mol. The minimum Gasteiger partial charge on any atom is -0.336 e. The second kappa shape index (κ2) is 6.43. The molecule has 0 aliphatic heterocycles. The van der Waals surface area contributed by atoms with Crippen LogP contribution in [0.2, 0.25) is 0 Å². The molecule has 0 aliphatic rings. The Hall–Kier alpha value is -1.62. The average Bonchev–Trinajstić information content (AvgIpc) is 2.81. The van der Waals surface area contributed by atoms with E-state index < -0.39 is 0 Å². The van der Waals surface area contributed by atoms with Gasteiger partial charge in [0.25, 0.3) is 5.91 Å². The third-order valence-electron chi connectivity index (χ3n) is 3.68. The molecule has 21 heavy (non-hydrogen) atoms. The molecule has 0 saturated carbocycles. The molecule has 1 heterocycles. The fraction of sp³-hybridized carbons (Fsp3) is 0.375. The zero-order chi connectivity index (χ0) is 15.6. The highest BCUT2D eigenvalue weighted by molar-refractivity contribution is 9.10. The van der Waals surface area contributed by atoms with Gasteiger partial charge in [-0.3, -0.25) is 9.48 Å². The Morgan fingerprint density at radius 3 is 2.67 bits per heavy atom. The lowest BCUT2D eigenvalue weighted by Gasteiger charge is -2.19. The Bertz CT molecular complexity index is 664. The summed E-state index contributed by atoms with van der Waals surface area (Å²) in [6.45, 7) is 7.42. The first-order chi connectivity index (χ1) is 9.93. The van der Waals surface area contributed by atoms with Gasteiger partial charge in [0.1, 0.15) is 0 Å². The Morgan fingerprint density at radius 2 is 2.05 bits per heavy atom. The lowest BCUT2D eigenvalue weighted by atomic mass is 10.1. The molecule has 4 nitrogen and oxygen atoms in total. The Balaban J connectivity index is 2.19. The van der Waals surface area contributed by atoms with Crippen LogP contribution in [-0.4, -0.2) is 27.6 Å². The van der Waals surface area contributed by atoms with Crippen molar-refractivity contribution in [3.05, 3.63) is 51.3 Å². The zero-order valence-electron chi connectivity index (χ0n) is 12.9. The number of aromatic nitrogens is 2. The molecule has 0 bridgehead atoms. The van der Waals surface area contributed by atoms with Crippen molar-refractivity contribution in [3.63, 3.8) is 0 Å². The summed E-state index contributed by atoms with van der Waals surface area (Å²) in [6, 6.07) is 5.82. The maximum absolute atomic E-state index is 12.5. The number of rotatable bonds is 4. The first-order valence-electron chi connectivity index (χ1n) is 6.97. The van der Waals surface area contributed by atoms with Crippen molar-refractivity contribution in [1.29, 1.82) is 0 Å². The highest BCUT2D eigenvalue weighted by atomic mass is 79.9. The van der Waals surface area contributed by atoms with Crippen molar-refractivity contribution in [3.8, 4) is 0 Å². The number of aryl methyl sites for hydroxylation is 3. The monoisotopic (exact) mass is 349 g/mol. The fourth-order valence-electron chi connectivity index (χ4n) is 2.21. The summed E-state index contributed by atoms with van der Waals surface area (Å²) in [4.78, 5) is 14.2. The second-order valence-electron chi connectivity index (χ2n) is 5.22. The van der Waals surface area contributed by atoms with Crippen molar-refractivity contribution in [2.24, 2.45) is 0 Å². The molecule has 0 N–H and O–H groups in total. The lowest BCUT2D eigenvalue weighted by molar-refractivity contribution is 0.0781. The van der Waals surface area contributed by atoms with Gasteiger partial charge in [0.15, 0.2) is 0 Å². The molecule has 0 saturated heterocycles. The van der Waals surface area contributed by atoms with Crippen LogP contribution >= 0.6 is 15.9 Å². The molecule has 0 radical (unpaired) electrons. The van der Waals surface area contributed by atoms with Crippen LogP contribution in [0, 0.1) is 13.8 Å². The van der Waals surface area contributed by atoms with Gasteiger partial charge in [-0.05, 0) is 60.0 Å². The van der Waals surface area contributed by atoms with Crippen LogP contribution in [0.5, 0.6) is 0 Å². The Morgan fingerprint density at radius 1 is 1.33 bits per heavy atom. The van der Waals surface area contributed by atoms with Gasteiger partial charge in [-0.2, -0.15) is 5.10 Å². The van der Waals surface area contributed by atoms with Gasteiger partial charge in [-0.1, -0.05) is 6.07 Å². The third-order valence-corrected chi connectivity index (χ3v) is 4.35. The number of halogens is 1. The molecule has 0 aliphatic carbocycles. The average molecular weight is 350 g/mol. The Labute approximate surface area is 133 Å². The number of amides is 1. The lowest BCUT2D eigenvalue weighted by Crippen LogP contribution is -2.27. The van der Waals surface area contributed by atoms with Crippen molar-refractivity contribution in [1.82, 2.24) is 14.7 Å². The van der Waals surface area contributed by atoms with E-state index in [1.807, 2.05) is 50.7 Å². The molecule has 0 unspecified atom stereocenters. The van der Waals surface area contributed by atoms with Crippen LogP contribution in [0.1, 0.15) is 34.1 Å². The van der Waals surface area contributed by atoms with Gasteiger partial charge in [-0.25, -0.2) is 0 Å². The smallest absolute Gasteiger partial charge is 0.253 e. The molecular weight excluding hydrogens is 330 g/mol. The summed E-state index contributed by atoms with van der Waals surface area (Å²) in [5, 5.41) is 4.28.